The standard InChI is InChI=1S/C22H34O2/c1-13(2)18-5-6-19-16-11-20(23)17-12-21(3,24)9-7-15(17)14(16)8-10-22(18,19)4/h14-19,24H,1,5-12H2,2-4H3/t14-,15-,16-,17-,18-,19+,21+,22-/m1/s1. The molecule has 4 aliphatic rings. The minimum atomic E-state index is -0.620. The maximum Gasteiger partial charge on any atom is 0.136 e. The van der Waals surface area contributed by atoms with E-state index in [0.29, 0.717) is 41.3 Å². The van der Waals surface area contributed by atoms with E-state index in [9.17, 15) is 9.90 Å². The highest BCUT2D eigenvalue weighted by Gasteiger charge is 2.59. The number of carbonyl (C=O) groups excluding carboxylic acids is 1. The maximum atomic E-state index is 13.0. The molecule has 2 nitrogen and oxygen atoms in total. The summed E-state index contributed by atoms with van der Waals surface area (Å²) in [5.74, 6) is 3.84. The number of carbonyl (C=O) groups is 1. The van der Waals surface area contributed by atoms with Crippen LogP contribution in [0.1, 0.15) is 72.1 Å². The van der Waals surface area contributed by atoms with Crippen LogP contribution in [0.25, 0.3) is 0 Å². The van der Waals surface area contributed by atoms with Gasteiger partial charge >= 0.3 is 0 Å². The lowest BCUT2D eigenvalue weighted by Gasteiger charge is -2.56. The third-order valence-electron chi connectivity index (χ3n) is 8.68. The molecule has 4 rings (SSSR count). The van der Waals surface area contributed by atoms with Gasteiger partial charge in [-0.2, -0.15) is 0 Å². The van der Waals surface area contributed by atoms with E-state index in [1.54, 1.807) is 0 Å². The van der Waals surface area contributed by atoms with Crippen molar-refractivity contribution < 1.29 is 9.90 Å². The van der Waals surface area contributed by atoms with Crippen molar-refractivity contribution in [1.29, 1.82) is 0 Å². The molecular formula is C22H34O2. The third kappa shape index (κ3) is 2.35. The zero-order valence-electron chi connectivity index (χ0n) is 15.7. The van der Waals surface area contributed by atoms with Crippen LogP contribution in [0.4, 0.5) is 0 Å². The van der Waals surface area contributed by atoms with Gasteiger partial charge in [0.15, 0.2) is 0 Å². The van der Waals surface area contributed by atoms with Gasteiger partial charge in [0.05, 0.1) is 5.60 Å². The van der Waals surface area contributed by atoms with Crippen LogP contribution in [-0.2, 0) is 4.79 Å². The highest BCUT2D eigenvalue weighted by Crippen LogP contribution is 2.65. The van der Waals surface area contributed by atoms with Gasteiger partial charge in [-0.3, -0.25) is 4.79 Å². The Morgan fingerprint density at radius 2 is 1.79 bits per heavy atom. The summed E-state index contributed by atoms with van der Waals surface area (Å²) in [6.07, 6.45) is 8.58. The number of allylic oxidation sites excluding steroid dienone is 1. The summed E-state index contributed by atoms with van der Waals surface area (Å²) in [6, 6.07) is 0. The number of rotatable bonds is 1. The summed E-state index contributed by atoms with van der Waals surface area (Å²) in [5.41, 5.74) is 1.11. The molecule has 0 aliphatic heterocycles. The second kappa shape index (κ2) is 5.43. The lowest BCUT2D eigenvalue weighted by molar-refractivity contribution is -0.148. The van der Waals surface area contributed by atoms with Crippen LogP contribution in [0.15, 0.2) is 12.2 Å². The van der Waals surface area contributed by atoms with Crippen molar-refractivity contribution >= 4 is 5.78 Å². The Bertz CT molecular complexity index is 562. The van der Waals surface area contributed by atoms with Crippen LogP contribution in [0.2, 0.25) is 0 Å². The largest absolute Gasteiger partial charge is 0.390 e. The van der Waals surface area contributed by atoms with Gasteiger partial charge in [0.25, 0.3) is 0 Å². The average molecular weight is 331 g/mol. The summed E-state index contributed by atoms with van der Waals surface area (Å²) in [4.78, 5) is 13.0. The van der Waals surface area contributed by atoms with Crippen molar-refractivity contribution in [3.8, 4) is 0 Å². The van der Waals surface area contributed by atoms with E-state index < -0.39 is 5.60 Å². The summed E-state index contributed by atoms with van der Waals surface area (Å²) in [7, 11) is 0. The molecule has 0 amide bonds. The third-order valence-corrected chi connectivity index (χ3v) is 8.68. The highest BCUT2D eigenvalue weighted by molar-refractivity contribution is 5.83. The lowest BCUT2D eigenvalue weighted by Crippen LogP contribution is -2.53. The Labute approximate surface area is 147 Å². The monoisotopic (exact) mass is 330 g/mol. The van der Waals surface area contributed by atoms with Crippen molar-refractivity contribution in [2.75, 3.05) is 0 Å². The molecule has 4 aliphatic carbocycles. The number of ketones is 1. The first-order valence-electron chi connectivity index (χ1n) is 10.1. The van der Waals surface area contributed by atoms with Gasteiger partial charge in [0, 0.05) is 12.3 Å². The number of fused-ring (bicyclic) bond motifs is 5. The van der Waals surface area contributed by atoms with Crippen molar-refractivity contribution in [2.45, 2.75) is 77.7 Å². The van der Waals surface area contributed by atoms with Crippen LogP contribution in [0, 0.1) is 40.9 Å². The molecule has 0 saturated heterocycles. The van der Waals surface area contributed by atoms with E-state index in [4.69, 9.17) is 0 Å². The topological polar surface area (TPSA) is 37.3 Å². The Balaban J connectivity index is 1.61. The Hall–Kier alpha value is -0.630. The minimum absolute atomic E-state index is 0.137. The van der Waals surface area contributed by atoms with Gasteiger partial charge in [-0.1, -0.05) is 19.1 Å². The molecule has 24 heavy (non-hydrogen) atoms. The lowest BCUT2D eigenvalue weighted by atomic mass is 9.48. The fraction of sp³-hybridized carbons (Fsp3) is 0.864. The molecule has 4 fully saturated rings. The van der Waals surface area contributed by atoms with Crippen LogP contribution >= 0.6 is 0 Å². The minimum Gasteiger partial charge on any atom is -0.390 e. The molecule has 0 aromatic heterocycles. The quantitative estimate of drug-likeness (QED) is 0.704. The van der Waals surface area contributed by atoms with E-state index in [-0.39, 0.29) is 5.92 Å². The van der Waals surface area contributed by atoms with Crippen LogP contribution < -0.4 is 0 Å². The van der Waals surface area contributed by atoms with Gasteiger partial charge in [0.2, 0.25) is 0 Å². The van der Waals surface area contributed by atoms with E-state index in [2.05, 4.69) is 20.4 Å². The second-order valence-corrected chi connectivity index (χ2v) is 10.1. The zero-order valence-corrected chi connectivity index (χ0v) is 15.7. The highest BCUT2D eigenvalue weighted by atomic mass is 16.3. The molecule has 0 aromatic carbocycles. The number of hydrogen-bond acceptors (Lipinski definition) is 2. The Morgan fingerprint density at radius 1 is 1.08 bits per heavy atom. The number of Topliss-reactive ketones (excluding diaryl/α,β-unsaturated/α-hetero) is 1. The first kappa shape index (κ1) is 16.8. The SMILES string of the molecule is C=C(C)[C@H]1CC[C@H]2[C@@H]3CC(=O)[C@@H]4C[C@@](C)(O)CC[C@@H]4[C@H]3CC[C@]12C. The molecule has 0 bridgehead atoms. The molecule has 134 valence electrons. The average Bonchev–Trinajstić information content (AvgIpc) is 2.85. The Morgan fingerprint density at radius 3 is 2.50 bits per heavy atom. The predicted octanol–water partition coefficient (Wildman–Crippen LogP) is 4.76. The molecule has 8 atom stereocenters. The first-order valence-corrected chi connectivity index (χ1v) is 10.1. The molecule has 2 heteroatoms. The van der Waals surface area contributed by atoms with Crippen molar-refractivity contribution in [3.63, 3.8) is 0 Å². The summed E-state index contributed by atoms with van der Waals surface area (Å²) < 4.78 is 0. The summed E-state index contributed by atoms with van der Waals surface area (Å²) in [5, 5.41) is 10.5. The van der Waals surface area contributed by atoms with Gasteiger partial charge < -0.3 is 5.11 Å². The fourth-order valence-corrected chi connectivity index (χ4v) is 7.61. The summed E-state index contributed by atoms with van der Waals surface area (Å²) in [6.45, 7) is 10.9. The molecule has 1 N–H and O–H groups in total. The van der Waals surface area contributed by atoms with Crippen LogP contribution in [0.3, 0.4) is 0 Å². The van der Waals surface area contributed by atoms with Gasteiger partial charge in [0.1, 0.15) is 5.78 Å². The summed E-state index contributed by atoms with van der Waals surface area (Å²) >= 11 is 0. The fourth-order valence-electron chi connectivity index (χ4n) is 7.61. The Kier molecular flexibility index (Phi) is 3.81. The molecule has 0 spiro atoms. The van der Waals surface area contributed by atoms with E-state index in [1.807, 2.05) is 6.92 Å². The van der Waals surface area contributed by atoms with E-state index >= 15 is 0 Å². The van der Waals surface area contributed by atoms with Gasteiger partial charge in [-0.15, -0.1) is 0 Å². The van der Waals surface area contributed by atoms with Crippen molar-refractivity contribution in [3.05, 3.63) is 12.2 Å². The molecule has 0 radical (unpaired) electrons. The normalized spacial score (nSPS) is 53.9. The van der Waals surface area contributed by atoms with E-state index in [0.717, 1.165) is 25.2 Å². The molecule has 4 saturated carbocycles. The van der Waals surface area contributed by atoms with Crippen molar-refractivity contribution in [2.24, 2.45) is 40.9 Å². The molecular weight excluding hydrogens is 296 g/mol. The van der Waals surface area contributed by atoms with Crippen LogP contribution in [-0.4, -0.2) is 16.5 Å². The second-order valence-electron chi connectivity index (χ2n) is 10.1. The number of aliphatic hydroxyl groups is 1. The first-order chi connectivity index (χ1) is 11.2. The van der Waals surface area contributed by atoms with Gasteiger partial charge in [-0.05, 0) is 93.8 Å². The number of hydrogen-bond donors (Lipinski definition) is 1. The van der Waals surface area contributed by atoms with Gasteiger partial charge in [-0.25, -0.2) is 0 Å². The molecule has 0 unspecified atom stereocenters. The van der Waals surface area contributed by atoms with Crippen LogP contribution in [0.5, 0.6) is 0 Å². The van der Waals surface area contributed by atoms with Crippen molar-refractivity contribution in [1.82, 2.24) is 0 Å². The molecule has 0 heterocycles. The zero-order chi connectivity index (χ0) is 17.3. The predicted molar refractivity (Wildman–Crippen MR) is 96.4 cm³/mol. The maximum absolute atomic E-state index is 13.0. The molecule has 0 aromatic rings. The smallest absolute Gasteiger partial charge is 0.136 e. The van der Waals surface area contributed by atoms with E-state index in [1.165, 1.54) is 31.3 Å².